The van der Waals surface area contributed by atoms with Crippen LogP contribution in [-0.4, -0.2) is 86.0 Å². The van der Waals surface area contributed by atoms with E-state index in [1.54, 1.807) is 13.8 Å². The largest absolute Gasteiger partial charge is 0.505 e. The van der Waals surface area contributed by atoms with Gasteiger partial charge in [0.1, 0.15) is 17.8 Å². The molecule has 6 atom stereocenters. The number of aromatic hydroxyl groups is 1. The van der Waals surface area contributed by atoms with Gasteiger partial charge in [0.25, 0.3) is 11.9 Å². The summed E-state index contributed by atoms with van der Waals surface area (Å²) in [6, 6.07) is -3.18. The Labute approximate surface area is 243 Å². The molecule has 3 heterocycles. The minimum atomic E-state index is -2.09. The highest BCUT2D eigenvalue weighted by molar-refractivity contribution is 5.98. The fourth-order valence-electron chi connectivity index (χ4n) is 4.91. The van der Waals surface area contributed by atoms with Crippen LogP contribution >= 0.6 is 0 Å². The van der Waals surface area contributed by atoms with Crippen molar-refractivity contribution >= 4 is 23.6 Å². The van der Waals surface area contributed by atoms with E-state index in [9.17, 15) is 47.0 Å². The molecule has 234 valence electrons. The molecule has 0 bridgehead atoms. The number of amides is 4. The van der Waals surface area contributed by atoms with E-state index in [4.69, 9.17) is 0 Å². The second kappa shape index (κ2) is 13.3. The first kappa shape index (κ1) is 33.2. The normalized spacial score (nSPS) is 25.5. The molecule has 0 radical (unpaired) electrons. The lowest BCUT2D eigenvalue weighted by Gasteiger charge is -2.38. The van der Waals surface area contributed by atoms with Crippen molar-refractivity contribution in [2.45, 2.75) is 64.4 Å². The lowest BCUT2D eigenvalue weighted by Crippen LogP contribution is -2.64. The number of aliphatic hydroxyl groups is 1. The third kappa shape index (κ3) is 7.01. The van der Waals surface area contributed by atoms with E-state index < -0.39 is 113 Å². The van der Waals surface area contributed by atoms with Crippen LogP contribution in [0.5, 0.6) is 5.75 Å². The van der Waals surface area contributed by atoms with Gasteiger partial charge in [-0.15, -0.1) is 0 Å². The Morgan fingerprint density at radius 2 is 1.72 bits per heavy atom. The number of nitrogens with one attached hydrogen (secondary N) is 3. The number of rotatable bonds is 5. The van der Waals surface area contributed by atoms with Crippen LogP contribution in [0.1, 0.15) is 43.7 Å². The van der Waals surface area contributed by atoms with Crippen LogP contribution in [-0.2, 0) is 20.8 Å². The van der Waals surface area contributed by atoms with Crippen molar-refractivity contribution in [3.05, 3.63) is 53.1 Å². The van der Waals surface area contributed by atoms with E-state index in [2.05, 4.69) is 25.9 Å². The topological polar surface area (TPSA) is 174 Å². The van der Waals surface area contributed by atoms with Gasteiger partial charge in [-0.05, 0) is 25.0 Å². The number of aromatic nitrogens is 2. The zero-order chi connectivity index (χ0) is 32.3. The molecular formula is C27H32F4N6O6. The maximum atomic E-state index is 14.6. The van der Waals surface area contributed by atoms with E-state index in [0.717, 1.165) is 4.90 Å². The summed E-state index contributed by atoms with van der Waals surface area (Å²) in [6.45, 7) is 5.88. The molecule has 0 aliphatic carbocycles. The van der Waals surface area contributed by atoms with Crippen LogP contribution in [0.15, 0.2) is 18.3 Å². The number of nitrogens with zero attached hydrogens (tertiary/aromatic N) is 3. The van der Waals surface area contributed by atoms with Crippen LogP contribution in [0, 0.1) is 35.4 Å². The van der Waals surface area contributed by atoms with Gasteiger partial charge in [-0.2, -0.15) is 18.2 Å². The van der Waals surface area contributed by atoms with Crippen LogP contribution in [0.3, 0.4) is 0 Å². The lowest BCUT2D eigenvalue weighted by molar-refractivity contribution is -0.147. The van der Waals surface area contributed by atoms with Crippen LogP contribution in [0.25, 0.3) is 0 Å². The fraction of sp³-hybridized carbons (Fsp3) is 0.481. The van der Waals surface area contributed by atoms with Gasteiger partial charge in [-0.3, -0.25) is 19.2 Å². The monoisotopic (exact) mass is 612 g/mol. The fourth-order valence-corrected chi connectivity index (χ4v) is 4.91. The molecule has 1 fully saturated rings. The Balaban J connectivity index is 2.11. The number of pyridine rings is 2. The third-order valence-electron chi connectivity index (χ3n) is 7.26. The van der Waals surface area contributed by atoms with Crippen molar-refractivity contribution in [1.82, 2.24) is 30.8 Å². The molecule has 2 aromatic heterocycles. The summed E-state index contributed by atoms with van der Waals surface area (Å²) in [5, 5.41) is 28.5. The highest BCUT2D eigenvalue weighted by atomic mass is 19.2. The number of aliphatic hydroxyl groups excluding tert-OH is 1. The molecule has 0 spiro atoms. The second-order valence-electron chi connectivity index (χ2n) is 10.7. The van der Waals surface area contributed by atoms with Crippen LogP contribution in [0.2, 0.25) is 0 Å². The van der Waals surface area contributed by atoms with Crippen molar-refractivity contribution in [2.75, 3.05) is 7.05 Å². The van der Waals surface area contributed by atoms with E-state index in [1.165, 1.54) is 39.2 Å². The molecule has 12 nitrogen and oxygen atoms in total. The standard InChI is InChI=1S/C27H32F4N6O6/c1-10(2)20-26(42)33-12(4)18(35-25(41)19-15(38)7-6-8-32-19)24(40)34-14(21(39)11(3)27(43)37(20)5)9-13-16(28)17(29)23(31)36-22(13)30/h6-8,10-12,14,18,20-21,38-39H,9H2,1-5H3,(H,33,42)(H,34,40)(H,35,41)/t11-,12-,14+,18+,20?,21+/m1/s1. The summed E-state index contributed by atoms with van der Waals surface area (Å²) < 4.78 is 56.5. The first-order valence-electron chi connectivity index (χ1n) is 13.3. The molecule has 3 rings (SSSR count). The zero-order valence-corrected chi connectivity index (χ0v) is 23.9. The third-order valence-corrected chi connectivity index (χ3v) is 7.26. The Bertz CT molecular complexity index is 1410. The van der Waals surface area contributed by atoms with Gasteiger partial charge >= 0.3 is 0 Å². The summed E-state index contributed by atoms with van der Waals surface area (Å²) in [5.74, 6) is -13.8. The molecule has 0 saturated carbocycles. The number of halogens is 4. The zero-order valence-electron chi connectivity index (χ0n) is 23.9. The van der Waals surface area contributed by atoms with Crippen LogP contribution < -0.4 is 16.0 Å². The van der Waals surface area contributed by atoms with Crippen molar-refractivity contribution in [2.24, 2.45) is 11.8 Å². The maximum Gasteiger partial charge on any atom is 0.274 e. The maximum absolute atomic E-state index is 14.6. The molecule has 1 aliphatic heterocycles. The van der Waals surface area contributed by atoms with Crippen molar-refractivity contribution in [3.8, 4) is 5.75 Å². The number of hydrogen-bond acceptors (Lipinski definition) is 8. The van der Waals surface area contributed by atoms with Gasteiger partial charge in [0, 0.05) is 25.2 Å². The highest BCUT2D eigenvalue weighted by Crippen LogP contribution is 2.23. The molecule has 1 unspecified atom stereocenters. The number of carbonyl (C=O) groups is 4. The van der Waals surface area contributed by atoms with Gasteiger partial charge in [0.05, 0.1) is 24.1 Å². The minimum absolute atomic E-state index is 0.465. The SMILES string of the molecule is CC(C)C1C(=O)N[C@H](C)[C@H](NC(=O)c2ncccc2O)C(=O)N[C@@H](Cc2c(F)nc(F)c(F)c2F)[C@@H](O)[C@@H](C)C(=O)N1C. The molecule has 5 N–H and O–H groups in total. The lowest BCUT2D eigenvalue weighted by atomic mass is 9.90. The number of carbonyl (C=O) groups excluding carboxylic acids is 4. The average molecular weight is 613 g/mol. The van der Waals surface area contributed by atoms with Gasteiger partial charge in [-0.1, -0.05) is 20.8 Å². The summed E-state index contributed by atoms with van der Waals surface area (Å²) >= 11 is 0. The molecular weight excluding hydrogens is 580 g/mol. The Kier molecular flexibility index (Phi) is 10.3. The second-order valence-corrected chi connectivity index (χ2v) is 10.7. The Morgan fingerprint density at radius 1 is 1.07 bits per heavy atom. The van der Waals surface area contributed by atoms with Gasteiger partial charge in [0.15, 0.2) is 11.5 Å². The molecule has 1 saturated heterocycles. The first-order chi connectivity index (χ1) is 20.1. The Hall–Kier alpha value is -4.34. The first-order valence-corrected chi connectivity index (χ1v) is 13.3. The van der Waals surface area contributed by atoms with E-state index in [1.807, 2.05) is 0 Å². The quantitative estimate of drug-likeness (QED) is 0.241. The minimum Gasteiger partial charge on any atom is -0.505 e. The van der Waals surface area contributed by atoms with E-state index in [-0.39, 0.29) is 0 Å². The number of hydrogen-bond donors (Lipinski definition) is 5. The highest BCUT2D eigenvalue weighted by Gasteiger charge is 2.41. The predicted octanol–water partition coefficient (Wildman–Crippen LogP) is 0.563. The van der Waals surface area contributed by atoms with Crippen molar-refractivity contribution in [3.63, 3.8) is 0 Å². The summed E-state index contributed by atoms with van der Waals surface area (Å²) in [4.78, 5) is 60.8. The molecule has 0 aromatic carbocycles. The molecule has 4 amide bonds. The van der Waals surface area contributed by atoms with Gasteiger partial charge in [0.2, 0.25) is 29.5 Å². The number of likely N-dealkylation sites (N-methyl/N-ethyl adjacent to an activating group) is 1. The van der Waals surface area contributed by atoms with E-state index in [0.29, 0.717) is 0 Å². The Morgan fingerprint density at radius 3 is 2.33 bits per heavy atom. The van der Waals surface area contributed by atoms with Gasteiger partial charge < -0.3 is 31.1 Å². The van der Waals surface area contributed by atoms with Crippen molar-refractivity contribution < 1.29 is 47.0 Å². The van der Waals surface area contributed by atoms with Gasteiger partial charge in [-0.25, -0.2) is 9.37 Å². The molecule has 1 aliphatic rings. The summed E-state index contributed by atoms with van der Waals surface area (Å²) in [5.41, 5.74) is -1.59. The van der Waals surface area contributed by atoms with E-state index >= 15 is 0 Å². The van der Waals surface area contributed by atoms with Crippen LogP contribution in [0.4, 0.5) is 17.6 Å². The smallest absolute Gasteiger partial charge is 0.274 e. The molecule has 43 heavy (non-hydrogen) atoms. The summed E-state index contributed by atoms with van der Waals surface area (Å²) in [6.07, 6.45) is -1.69. The average Bonchev–Trinajstić information content (AvgIpc) is 2.94. The predicted molar refractivity (Wildman–Crippen MR) is 141 cm³/mol. The molecule has 2 aromatic rings. The van der Waals surface area contributed by atoms with Crippen molar-refractivity contribution in [1.29, 1.82) is 0 Å². The molecule has 16 heteroatoms. The summed E-state index contributed by atoms with van der Waals surface area (Å²) in [7, 11) is 1.31.